The molecule has 4 fully saturated rings. The number of benzene rings is 4. The number of rotatable bonds is 11. The lowest BCUT2D eigenvalue weighted by Gasteiger charge is -2.30. The van der Waals surface area contributed by atoms with Crippen LogP contribution in [0.2, 0.25) is 0 Å². The molecule has 0 bridgehead atoms. The summed E-state index contributed by atoms with van der Waals surface area (Å²) >= 11 is 0. The predicted octanol–water partition coefficient (Wildman–Crippen LogP) is 9.69. The van der Waals surface area contributed by atoms with Crippen LogP contribution in [0.25, 0.3) is 44.2 Å². The van der Waals surface area contributed by atoms with Crippen molar-refractivity contribution in [1.29, 1.82) is 0 Å². The topological polar surface area (TPSA) is 175 Å². The van der Waals surface area contributed by atoms with Gasteiger partial charge >= 0.3 is 6.09 Å². The number of alkyl carbamates (subject to hydrolysis) is 1. The van der Waals surface area contributed by atoms with E-state index in [1.54, 1.807) is 0 Å². The highest BCUT2D eigenvalue weighted by molar-refractivity contribution is 6.07. The zero-order valence-corrected chi connectivity index (χ0v) is 39.1. The number of likely N-dealkylation sites (tertiary alicyclic amines) is 2. The van der Waals surface area contributed by atoms with Gasteiger partial charge in [-0.05, 0) is 121 Å². The number of fused-ring (bicyclic) bond motifs is 6. The molecule has 14 heteroatoms. The molecule has 2 aromatic heterocycles. The third-order valence-electron chi connectivity index (χ3n) is 15.2. The molecule has 0 spiro atoms. The van der Waals surface area contributed by atoms with E-state index in [1.807, 2.05) is 29.8 Å². The molecule has 2 saturated heterocycles. The molecular formula is C54H60N8O6. The Kier molecular flexibility index (Phi) is 11.7. The third-order valence-corrected chi connectivity index (χ3v) is 15.2. The summed E-state index contributed by atoms with van der Waals surface area (Å²) < 4.78 is 11.3. The second-order valence-electron chi connectivity index (χ2n) is 20.0. The number of nitrogens with one attached hydrogen (secondary N) is 4. The summed E-state index contributed by atoms with van der Waals surface area (Å²) in [4.78, 5) is 74.5. The Morgan fingerprint density at radius 1 is 0.765 bits per heavy atom. The molecule has 2 saturated carbocycles. The van der Waals surface area contributed by atoms with Crippen LogP contribution >= 0.6 is 0 Å². The lowest BCUT2D eigenvalue weighted by molar-refractivity contribution is -0.138. The van der Waals surface area contributed by atoms with E-state index in [0.717, 1.165) is 105 Å². The second-order valence-corrected chi connectivity index (χ2v) is 20.0. The highest BCUT2D eigenvalue weighted by Crippen LogP contribution is 2.44. The lowest BCUT2D eigenvalue weighted by atomic mass is 9.83. The molecule has 4 N–H and O–H groups in total. The second kappa shape index (κ2) is 18.1. The van der Waals surface area contributed by atoms with Gasteiger partial charge in [0.25, 0.3) is 0 Å². The minimum Gasteiger partial charge on any atom is -0.488 e. The number of amides is 4. The number of methoxy groups -OCH3 is 1. The maximum absolute atomic E-state index is 14.7. The fourth-order valence-corrected chi connectivity index (χ4v) is 11.2. The normalized spacial score (nSPS) is 20.2. The Labute approximate surface area is 396 Å². The molecule has 5 heterocycles. The minimum absolute atomic E-state index is 0.0143. The van der Waals surface area contributed by atoms with Crippen LogP contribution in [0, 0.1) is 11.8 Å². The minimum atomic E-state index is -0.754. The Balaban J connectivity index is 0.828. The number of ether oxygens (including phenoxy) is 2. The average molecular weight is 917 g/mol. The summed E-state index contributed by atoms with van der Waals surface area (Å²) in [6, 6.07) is 21.3. The van der Waals surface area contributed by atoms with Crippen molar-refractivity contribution in [3.63, 3.8) is 0 Å². The van der Waals surface area contributed by atoms with E-state index in [1.165, 1.54) is 44.8 Å². The van der Waals surface area contributed by atoms with Gasteiger partial charge in [-0.3, -0.25) is 14.4 Å². The van der Waals surface area contributed by atoms with Crippen LogP contribution in [0.3, 0.4) is 0 Å². The van der Waals surface area contributed by atoms with Gasteiger partial charge in [-0.1, -0.05) is 75.6 Å². The van der Waals surface area contributed by atoms with Gasteiger partial charge in [-0.25, -0.2) is 14.8 Å². The third kappa shape index (κ3) is 8.25. The highest BCUT2D eigenvalue weighted by atomic mass is 16.5. The van der Waals surface area contributed by atoms with E-state index in [0.29, 0.717) is 31.4 Å². The number of hydrogen-bond acceptors (Lipinski definition) is 8. The summed E-state index contributed by atoms with van der Waals surface area (Å²) in [6.45, 7) is 5.38. The number of nitrogens with zero attached hydrogens (tertiary/aromatic N) is 4. The van der Waals surface area contributed by atoms with E-state index < -0.39 is 18.2 Å². The van der Waals surface area contributed by atoms with Crippen LogP contribution in [0.4, 0.5) is 4.79 Å². The maximum atomic E-state index is 14.7. The molecule has 352 valence electrons. The molecule has 4 atom stereocenters. The van der Waals surface area contributed by atoms with E-state index in [-0.39, 0.29) is 41.6 Å². The molecule has 0 radical (unpaired) electrons. The van der Waals surface area contributed by atoms with Crippen LogP contribution in [-0.4, -0.2) is 79.8 Å². The Morgan fingerprint density at radius 2 is 1.51 bits per heavy atom. The number of aromatic amines is 2. The van der Waals surface area contributed by atoms with Gasteiger partial charge in [0, 0.05) is 30.0 Å². The Bertz CT molecular complexity index is 2910. The first kappa shape index (κ1) is 43.8. The van der Waals surface area contributed by atoms with Gasteiger partial charge in [0.05, 0.1) is 42.1 Å². The summed E-state index contributed by atoms with van der Waals surface area (Å²) in [5.41, 5.74) is 8.85. The van der Waals surface area contributed by atoms with E-state index >= 15 is 0 Å². The van der Waals surface area contributed by atoms with Crippen molar-refractivity contribution in [2.24, 2.45) is 11.8 Å². The molecule has 68 heavy (non-hydrogen) atoms. The van der Waals surface area contributed by atoms with Crippen molar-refractivity contribution in [3.8, 4) is 28.1 Å². The first-order chi connectivity index (χ1) is 33.1. The van der Waals surface area contributed by atoms with Gasteiger partial charge in [0.2, 0.25) is 17.7 Å². The first-order valence-corrected chi connectivity index (χ1v) is 24.7. The van der Waals surface area contributed by atoms with Crippen molar-refractivity contribution >= 4 is 45.6 Å². The van der Waals surface area contributed by atoms with E-state index in [2.05, 4.69) is 87.3 Å². The zero-order chi connectivity index (χ0) is 46.6. The quantitative estimate of drug-likeness (QED) is 0.0994. The van der Waals surface area contributed by atoms with Gasteiger partial charge in [0.1, 0.15) is 36.1 Å². The first-order valence-electron chi connectivity index (χ1n) is 24.7. The molecule has 14 nitrogen and oxygen atoms in total. The van der Waals surface area contributed by atoms with Gasteiger partial charge < -0.3 is 39.9 Å². The summed E-state index contributed by atoms with van der Waals surface area (Å²) in [5, 5.41) is 7.88. The molecule has 0 unspecified atom stereocenters. The lowest BCUT2D eigenvalue weighted by Crippen LogP contribution is -2.51. The summed E-state index contributed by atoms with van der Waals surface area (Å²) in [5.74, 6) is 2.41. The standard InChI is InChI=1S/C54H60N8O6/c1-30(2)46(60-54(66)67-3)52(64)61-23-7-11-43(61)49-55-28-42(57-49)36-19-21-38-37(25-36)29-68-45-27-39-35(26-40(38)45)20-22-41-48(39)58-50(56-41)44-12-8-24-62(44)53(65)47(59-51(63)34-17-18-34)33-15-13-32(14-16-33)31-9-5-4-6-10-31/h13-16,19-22,25-28,30-31,34,43-44,46-47H,4-12,17-18,23-24,29H2,1-3H3,(H,55,57)(H,56,58)(H,59,63)(H,60,66)/t43-,44-,46-,47+/m0/s1. The average Bonchev–Trinajstić information content (AvgIpc) is 3.77. The SMILES string of the molecule is COC(=O)N[C@H](C(=O)N1CCC[C@H]1c1ncc(-c2ccc3c(c2)COc2cc4c(ccc5[nH]c([C@@H]6CCCN6C(=O)[C@H](NC(=O)C6CC6)c6ccc(C7CCCCC7)cc6)nc54)cc2-3)[nH]1)C(C)C. The van der Waals surface area contributed by atoms with Crippen LogP contribution in [-0.2, 0) is 25.7 Å². The number of carbonyl (C=O) groups excluding carboxylic acids is 4. The van der Waals surface area contributed by atoms with Crippen molar-refractivity contribution in [3.05, 3.63) is 101 Å². The van der Waals surface area contributed by atoms with Crippen LogP contribution < -0.4 is 15.4 Å². The molecule has 3 aliphatic heterocycles. The fraction of sp³-hybridized carbons (Fsp3) is 0.444. The maximum Gasteiger partial charge on any atom is 0.407 e. The van der Waals surface area contributed by atoms with Crippen LogP contribution in [0.15, 0.2) is 72.9 Å². The predicted molar refractivity (Wildman–Crippen MR) is 258 cm³/mol. The monoisotopic (exact) mass is 916 g/mol. The summed E-state index contributed by atoms with van der Waals surface area (Å²) in [6.07, 6.45) is 12.4. The van der Waals surface area contributed by atoms with Crippen molar-refractivity contribution in [2.75, 3.05) is 20.2 Å². The molecule has 11 rings (SSSR count). The molecule has 5 aliphatic rings. The molecular weight excluding hydrogens is 857 g/mol. The fourth-order valence-electron chi connectivity index (χ4n) is 11.2. The zero-order valence-electron chi connectivity index (χ0n) is 39.1. The van der Waals surface area contributed by atoms with Crippen molar-refractivity contribution in [1.82, 2.24) is 40.4 Å². The molecule has 6 aromatic rings. The number of imidazole rings is 2. The summed E-state index contributed by atoms with van der Waals surface area (Å²) in [7, 11) is 1.30. The number of hydrogen-bond donors (Lipinski definition) is 4. The van der Waals surface area contributed by atoms with E-state index in [4.69, 9.17) is 19.4 Å². The van der Waals surface area contributed by atoms with E-state index in [9.17, 15) is 19.2 Å². The smallest absolute Gasteiger partial charge is 0.407 e. The van der Waals surface area contributed by atoms with Gasteiger partial charge in [-0.2, -0.15) is 0 Å². The number of aromatic nitrogens is 4. The van der Waals surface area contributed by atoms with Crippen molar-refractivity contribution in [2.45, 2.75) is 121 Å². The number of carbonyl (C=O) groups is 4. The van der Waals surface area contributed by atoms with Gasteiger partial charge in [0.15, 0.2) is 0 Å². The molecule has 2 aliphatic carbocycles. The Morgan fingerprint density at radius 3 is 2.25 bits per heavy atom. The highest BCUT2D eigenvalue weighted by Gasteiger charge is 2.40. The van der Waals surface area contributed by atoms with Crippen LogP contribution in [0.5, 0.6) is 5.75 Å². The molecule has 4 aromatic carbocycles. The van der Waals surface area contributed by atoms with Crippen molar-refractivity contribution < 1.29 is 28.7 Å². The number of H-pyrrole nitrogens is 2. The molecule has 4 amide bonds. The van der Waals surface area contributed by atoms with Gasteiger partial charge in [-0.15, -0.1) is 0 Å². The van der Waals surface area contributed by atoms with Crippen LogP contribution in [0.1, 0.15) is 137 Å². The Hall–Kier alpha value is -6.70. The largest absolute Gasteiger partial charge is 0.488 e.